The molecule has 1 atom stereocenters. The molecule has 1 spiro atoms. The second-order valence-electron chi connectivity index (χ2n) is 6.64. The van der Waals surface area contributed by atoms with E-state index in [1.165, 1.54) is 37.7 Å². The number of rotatable bonds is 6. The van der Waals surface area contributed by atoms with E-state index in [2.05, 4.69) is 18.2 Å². The second-order valence-corrected chi connectivity index (χ2v) is 6.64. The zero-order chi connectivity index (χ0) is 14.7. The van der Waals surface area contributed by atoms with E-state index in [0.29, 0.717) is 11.8 Å². The van der Waals surface area contributed by atoms with Crippen LogP contribution in [0.4, 0.5) is 0 Å². The number of carbonyl (C=O) groups is 1. The summed E-state index contributed by atoms with van der Waals surface area (Å²) in [6, 6.07) is 0. The van der Waals surface area contributed by atoms with Gasteiger partial charge in [-0.25, -0.2) is 0 Å². The summed E-state index contributed by atoms with van der Waals surface area (Å²) in [7, 11) is 0. The van der Waals surface area contributed by atoms with Gasteiger partial charge in [-0.3, -0.25) is 4.79 Å². The molecular weight excluding hydrogens is 264 g/mol. The lowest BCUT2D eigenvalue weighted by atomic mass is 9.69. The summed E-state index contributed by atoms with van der Waals surface area (Å²) >= 11 is 0. The summed E-state index contributed by atoms with van der Waals surface area (Å²) in [6.45, 7) is 0.759. The standard InChI is InChI=1S/C18H24O3/c19-17(20)7-4-14-2-5-16(6-3-14)21-13-15-8-11-18(12-15)9-1-10-18/h2-3,5,12,16H,1,4,6-11,13H2,(H,19,20). The molecule has 0 aromatic rings. The largest absolute Gasteiger partial charge is 0.481 e. The van der Waals surface area contributed by atoms with Gasteiger partial charge in [-0.1, -0.05) is 36.3 Å². The second kappa shape index (κ2) is 6.18. The molecule has 3 aliphatic rings. The van der Waals surface area contributed by atoms with Crippen molar-refractivity contribution in [1.82, 2.24) is 0 Å². The molecule has 3 nitrogen and oxygen atoms in total. The first kappa shape index (κ1) is 14.6. The van der Waals surface area contributed by atoms with Crippen LogP contribution in [0.3, 0.4) is 0 Å². The summed E-state index contributed by atoms with van der Waals surface area (Å²) in [5.41, 5.74) is 3.14. The molecule has 0 aromatic carbocycles. The van der Waals surface area contributed by atoms with Crippen molar-refractivity contribution in [2.45, 2.75) is 57.5 Å². The van der Waals surface area contributed by atoms with E-state index in [0.717, 1.165) is 18.6 Å². The topological polar surface area (TPSA) is 46.5 Å². The first-order valence-corrected chi connectivity index (χ1v) is 8.06. The number of hydrogen-bond donors (Lipinski definition) is 1. The zero-order valence-corrected chi connectivity index (χ0v) is 12.5. The molecule has 1 saturated carbocycles. The minimum atomic E-state index is -0.735. The first-order chi connectivity index (χ1) is 10.2. The summed E-state index contributed by atoms with van der Waals surface area (Å²) in [4.78, 5) is 10.6. The van der Waals surface area contributed by atoms with E-state index in [1.54, 1.807) is 0 Å². The summed E-state index contributed by atoms with van der Waals surface area (Å²) < 4.78 is 5.99. The molecule has 0 bridgehead atoms. The lowest BCUT2D eigenvalue weighted by molar-refractivity contribution is -0.136. The lowest BCUT2D eigenvalue weighted by Crippen LogP contribution is -2.23. The number of carboxylic acids is 1. The van der Waals surface area contributed by atoms with Crippen LogP contribution in [0.25, 0.3) is 0 Å². The van der Waals surface area contributed by atoms with Gasteiger partial charge in [0.15, 0.2) is 0 Å². The SMILES string of the molecule is O=C(O)CCC1=CCC(OCC2=CC3(CCC3)CC2)C=C1. The van der Waals surface area contributed by atoms with E-state index < -0.39 is 5.97 Å². The fourth-order valence-electron chi connectivity index (χ4n) is 3.55. The van der Waals surface area contributed by atoms with Crippen LogP contribution in [0, 0.1) is 5.41 Å². The molecule has 3 aliphatic carbocycles. The molecule has 3 heteroatoms. The normalized spacial score (nSPS) is 26.4. The van der Waals surface area contributed by atoms with Gasteiger partial charge < -0.3 is 9.84 Å². The third-order valence-electron chi connectivity index (χ3n) is 5.05. The van der Waals surface area contributed by atoms with E-state index >= 15 is 0 Å². The minimum Gasteiger partial charge on any atom is -0.481 e. The Bertz CT molecular complexity index is 495. The number of aliphatic carboxylic acids is 1. The van der Waals surface area contributed by atoms with Gasteiger partial charge in [0.05, 0.1) is 12.7 Å². The van der Waals surface area contributed by atoms with Crippen molar-refractivity contribution in [2.75, 3.05) is 6.61 Å². The van der Waals surface area contributed by atoms with Crippen LogP contribution in [0.1, 0.15) is 51.4 Å². The van der Waals surface area contributed by atoms with Crippen molar-refractivity contribution in [3.05, 3.63) is 35.5 Å². The molecule has 1 N–H and O–H groups in total. The van der Waals surface area contributed by atoms with Crippen LogP contribution >= 0.6 is 0 Å². The number of allylic oxidation sites excluding steroid dienone is 3. The van der Waals surface area contributed by atoms with Crippen LogP contribution < -0.4 is 0 Å². The van der Waals surface area contributed by atoms with Crippen LogP contribution in [0.5, 0.6) is 0 Å². The van der Waals surface area contributed by atoms with E-state index in [1.807, 2.05) is 6.08 Å². The Morgan fingerprint density at radius 3 is 2.81 bits per heavy atom. The van der Waals surface area contributed by atoms with Crippen LogP contribution in [-0.2, 0) is 9.53 Å². The van der Waals surface area contributed by atoms with E-state index in [9.17, 15) is 4.79 Å². The molecule has 0 radical (unpaired) electrons. The maximum Gasteiger partial charge on any atom is 0.303 e. The predicted molar refractivity (Wildman–Crippen MR) is 82.1 cm³/mol. The Morgan fingerprint density at radius 2 is 2.24 bits per heavy atom. The van der Waals surface area contributed by atoms with Gasteiger partial charge in [-0.05, 0) is 49.5 Å². The van der Waals surface area contributed by atoms with Crippen LogP contribution in [-0.4, -0.2) is 23.8 Å². The Kier molecular flexibility index (Phi) is 4.29. The zero-order valence-electron chi connectivity index (χ0n) is 12.5. The fraction of sp³-hybridized carbons (Fsp3) is 0.611. The van der Waals surface area contributed by atoms with Gasteiger partial charge in [-0.2, -0.15) is 0 Å². The average molecular weight is 288 g/mol. The third-order valence-corrected chi connectivity index (χ3v) is 5.05. The first-order valence-electron chi connectivity index (χ1n) is 8.06. The quantitative estimate of drug-likeness (QED) is 0.751. The minimum absolute atomic E-state index is 0.150. The Hall–Kier alpha value is -1.35. The van der Waals surface area contributed by atoms with Crippen molar-refractivity contribution < 1.29 is 14.6 Å². The smallest absolute Gasteiger partial charge is 0.303 e. The Morgan fingerprint density at radius 1 is 1.38 bits per heavy atom. The van der Waals surface area contributed by atoms with Gasteiger partial charge in [0.25, 0.3) is 0 Å². The average Bonchev–Trinajstić information content (AvgIpc) is 2.89. The Labute approximate surface area is 126 Å². The molecule has 0 amide bonds. The van der Waals surface area contributed by atoms with Crippen molar-refractivity contribution in [3.63, 3.8) is 0 Å². The van der Waals surface area contributed by atoms with Gasteiger partial charge in [0.2, 0.25) is 0 Å². The van der Waals surface area contributed by atoms with Crippen molar-refractivity contribution in [3.8, 4) is 0 Å². The number of ether oxygens (including phenoxy) is 1. The predicted octanol–water partition coefficient (Wildman–Crippen LogP) is 4.01. The highest BCUT2D eigenvalue weighted by Crippen LogP contribution is 2.51. The maximum absolute atomic E-state index is 10.6. The Balaban J connectivity index is 1.41. The number of carboxylic acid groups (broad SMARTS) is 1. The van der Waals surface area contributed by atoms with Crippen molar-refractivity contribution in [1.29, 1.82) is 0 Å². The van der Waals surface area contributed by atoms with Crippen molar-refractivity contribution >= 4 is 5.97 Å². The highest BCUT2D eigenvalue weighted by Gasteiger charge is 2.38. The highest BCUT2D eigenvalue weighted by atomic mass is 16.5. The number of hydrogen-bond acceptors (Lipinski definition) is 2. The molecule has 1 fully saturated rings. The highest BCUT2D eigenvalue weighted by molar-refractivity contribution is 5.67. The summed E-state index contributed by atoms with van der Waals surface area (Å²) in [5, 5.41) is 8.69. The molecule has 114 valence electrons. The van der Waals surface area contributed by atoms with E-state index in [-0.39, 0.29) is 12.5 Å². The lowest BCUT2D eigenvalue weighted by Gasteiger charge is -2.36. The van der Waals surface area contributed by atoms with E-state index in [4.69, 9.17) is 9.84 Å². The maximum atomic E-state index is 10.6. The molecular formula is C18H24O3. The molecule has 0 aliphatic heterocycles. The van der Waals surface area contributed by atoms with Gasteiger partial charge in [-0.15, -0.1) is 0 Å². The molecule has 1 unspecified atom stereocenters. The van der Waals surface area contributed by atoms with Gasteiger partial charge >= 0.3 is 5.97 Å². The molecule has 0 saturated heterocycles. The summed E-state index contributed by atoms with van der Waals surface area (Å²) in [5.74, 6) is -0.735. The van der Waals surface area contributed by atoms with Crippen LogP contribution in [0.2, 0.25) is 0 Å². The molecule has 0 heterocycles. The molecule has 3 rings (SSSR count). The summed E-state index contributed by atoms with van der Waals surface area (Å²) in [6.07, 6.45) is 17.2. The van der Waals surface area contributed by atoms with Crippen LogP contribution in [0.15, 0.2) is 35.5 Å². The molecule has 0 aromatic heterocycles. The van der Waals surface area contributed by atoms with Gasteiger partial charge in [0, 0.05) is 6.42 Å². The molecule has 21 heavy (non-hydrogen) atoms. The fourth-order valence-corrected chi connectivity index (χ4v) is 3.55. The monoisotopic (exact) mass is 288 g/mol. The third kappa shape index (κ3) is 3.65. The van der Waals surface area contributed by atoms with Crippen molar-refractivity contribution in [2.24, 2.45) is 5.41 Å². The van der Waals surface area contributed by atoms with Gasteiger partial charge in [0.1, 0.15) is 0 Å².